The van der Waals surface area contributed by atoms with Crippen molar-refractivity contribution >= 4 is 0 Å². The number of hydrogen-bond acceptors (Lipinski definition) is 3. The van der Waals surface area contributed by atoms with E-state index < -0.39 is 5.60 Å². The van der Waals surface area contributed by atoms with E-state index in [4.69, 9.17) is 5.73 Å². The van der Waals surface area contributed by atoms with Crippen LogP contribution in [0.15, 0.2) is 0 Å². The van der Waals surface area contributed by atoms with Crippen LogP contribution >= 0.6 is 0 Å². The summed E-state index contributed by atoms with van der Waals surface area (Å²) in [6.45, 7) is 4.89. The van der Waals surface area contributed by atoms with Gasteiger partial charge in [0.2, 0.25) is 0 Å². The molecule has 0 spiro atoms. The number of rotatable bonds is 2. The van der Waals surface area contributed by atoms with Crippen LogP contribution in [0.4, 0.5) is 0 Å². The number of aliphatic hydroxyl groups is 1. The number of nitrogens with two attached hydrogens (primary N) is 1. The van der Waals surface area contributed by atoms with Gasteiger partial charge < -0.3 is 10.8 Å². The van der Waals surface area contributed by atoms with Crippen LogP contribution in [0.1, 0.15) is 39.0 Å². The van der Waals surface area contributed by atoms with Crippen molar-refractivity contribution in [3.8, 4) is 0 Å². The first kappa shape index (κ1) is 11.4. The molecule has 1 aliphatic heterocycles. The molecule has 1 saturated heterocycles. The summed E-state index contributed by atoms with van der Waals surface area (Å²) in [6.07, 6.45) is 5.78. The second-order valence-electron chi connectivity index (χ2n) is 5.53. The fourth-order valence-corrected chi connectivity index (χ4v) is 3.11. The van der Waals surface area contributed by atoms with Gasteiger partial charge in [-0.05, 0) is 45.1 Å². The molecule has 3 nitrogen and oxygen atoms in total. The van der Waals surface area contributed by atoms with Gasteiger partial charge in [-0.1, -0.05) is 6.42 Å². The molecule has 88 valence electrons. The molecule has 1 aliphatic carbocycles. The summed E-state index contributed by atoms with van der Waals surface area (Å²) in [5.74, 6) is 0.702. The monoisotopic (exact) mass is 212 g/mol. The zero-order valence-electron chi connectivity index (χ0n) is 9.78. The smallest absolute Gasteiger partial charge is 0.0644 e. The average molecular weight is 212 g/mol. The van der Waals surface area contributed by atoms with Crippen molar-refractivity contribution in [2.45, 2.75) is 50.7 Å². The molecule has 15 heavy (non-hydrogen) atoms. The maximum Gasteiger partial charge on any atom is 0.0644 e. The van der Waals surface area contributed by atoms with Crippen molar-refractivity contribution in [1.82, 2.24) is 4.90 Å². The first-order chi connectivity index (χ1) is 7.12. The summed E-state index contributed by atoms with van der Waals surface area (Å²) in [5.41, 5.74) is 5.38. The minimum absolute atomic E-state index is 0.423. The molecular weight excluding hydrogens is 188 g/mol. The summed E-state index contributed by atoms with van der Waals surface area (Å²) < 4.78 is 0. The lowest BCUT2D eigenvalue weighted by molar-refractivity contribution is -0.0206. The Hall–Kier alpha value is -0.120. The van der Waals surface area contributed by atoms with E-state index in [-0.39, 0.29) is 0 Å². The van der Waals surface area contributed by atoms with Gasteiger partial charge in [-0.15, -0.1) is 0 Å². The molecule has 2 rings (SSSR count). The largest absolute Gasteiger partial charge is 0.390 e. The van der Waals surface area contributed by atoms with E-state index in [2.05, 4.69) is 4.90 Å². The molecule has 3 heteroatoms. The molecule has 1 heterocycles. The normalized spacial score (nSPS) is 37.0. The van der Waals surface area contributed by atoms with Crippen LogP contribution in [0.5, 0.6) is 0 Å². The minimum Gasteiger partial charge on any atom is -0.390 e. The van der Waals surface area contributed by atoms with Crippen LogP contribution < -0.4 is 5.73 Å². The van der Waals surface area contributed by atoms with E-state index >= 15 is 0 Å². The first-order valence-corrected chi connectivity index (χ1v) is 6.29. The predicted octanol–water partition coefficient (Wildman–Crippen LogP) is 0.961. The van der Waals surface area contributed by atoms with Crippen LogP contribution in [0.3, 0.4) is 0 Å². The van der Waals surface area contributed by atoms with Gasteiger partial charge in [0.25, 0.3) is 0 Å². The molecule has 0 aromatic rings. The Labute approximate surface area is 92.6 Å². The Morgan fingerprint density at radius 1 is 1.33 bits per heavy atom. The highest BCUT2D eigenvalue weighted by Crippen LogP contribution is 2.32. The lowest BCUT2D eigenvalue weighted by atomic mass is 9.91. The maximum atomic E-state index is 9.91. The second-order valence-corrected chi connectivity index (χ2v) is 5.53. The molecule has 2 fully saturated rings. The topological polar surface area (TPSA) is 49.5 Å². The van der Waals surface area contributed by atoms with E-state index in [1.54, 1.807) is 0 Å². The lowest BCUT2D eigenvalue weighted by Crippen LogP contribution is -2.49. The molecular formula is C12H24N2O. The second kappa shape index (κ2) is 4.40. The van der Waals surface area contributed by atoms with Crippen molar-refractivity contribution in [3.63, 3.8) is 0 Å². The van der Waals surface area contributed by atoms with Gasteiger partial charge in [-0.25, -0.2) is 0 Å². The first-order valence-electron chi connectivity index (χ1n) is 6.29. The third-order valence-electron chi connectivity index (χ3n) is 4.27. The zero-order chi connectivity index (χ0) is 10.9. The molecule has 0 amide bonds. The van der Waals surface area contributed by atoms with Crippen LogP contribution in [0, 0.1) is 5.92 Å². The molecule has 2 atom stereocenters. The van der Waals surface area contributed by atoms with Crippen molar-refractivity contribution in [2.75, 3.05) is 19.6 Å². The van der Waals surface area contributed by atoms with Crippen molar-refractivity contribution in [1.29, 1.82) is 0 Å². The van der Waals surface area contributed by atoms with Crippen molar-refractivity contribution < 1.29 is 5.11 Å². The molecule has 0 radical (unpaired) electrons. The summed E-state index contributed by atoms with van der Waals surface area (Å²) in [4.78, 5) is 2.56. The SMILES string of the molecule is CC1(O)CCN(C2CCCC2CN)CC1. The molecule has 0 aromatic carbocycles. The van der Waals surface area contributed by atoms with Crippen LogP contribution in [0.25, 0.3) is 0 Å². The third-order valence-corrected chi connectivity index (χ3v) is 4.27. The molecule has 1 saturated carbocycles. The number of hydrogen-bond donors (Lipinski definition) is 2. The highest BCUT2D eigenvalue weighted by Gasteiger charge is 2.35. The summed E-state index contributed by atoms with van der Waals surface area (Å²) >= 11 is 0. The Kier molecular flexibility index (Phi) is 3.33. The fraction of sp³-hybridized carbons (Fsp3) is 1.00. The van der Waals surface area contributed by atoms with Gasteiger partial charge in [0.1, 0.15) is 0 Å². The van der Waals surface area contributed by atoms with Gasteiger partial charge in [0.15, 0.2) is 0 Å². The van der Waals surface area contributed by atoms with E-state index in [9.17, 15) is 5.11 Å². The van der Waals surface area contributed by atoms with Gasteiger partial charge in [-0.2, -0.15) is 0 Å². The maximum absolute atomic E-state index is 9.91. The molecule has 2 aliphatic rings. The predicted molar refractivity (Wildman–Crippen MR) is 61.6 cm³/mol. The quantitative estimate of drug-likeness (QED) is 0.717. The van der Waals surface area contributed by atoms with Gasteiger partial charge in [0.05, 0.1) is 5.60 Å². The number of piperidine rings is 1. The summed E-state index contributed by atoms with van der Waals surface area (Å²) in [5, 5.41) is 9.91. The zero-order valence-corrected chi connectivity index (χ0v) is 9.78. The third kappa shape index (κ3) is 2.52. The summed E-state index contributed by atoms with van der Waals surface area (Å²) in [7, 11) is 0. The number of likely N-dealkylation sites (tertiary alicyclic amines) is 1. The Balaban J connectivity index is 1.89. The van der Waals surface area contributed by atoms with E-state index in [0.29, 0.717) is 12.0 Å². The highest BCUT2D eigenvalue weighted by atomic mass is 16.3. The fourth-order valence-electron chi connectivity index (χ4n) is 3.11. The van der Waals surface area contributed by atoms with Crippen molar-refractivity contribution in [3.05, 3.63) is 0 Å². The van der Waals surface area contributed by atoms with Gasteiger partial charge in [0, 0.05) is 19.1 Å². The standard InChI is InChI=1S/C12H24N2O/c1-12(15)5-7-14(8-6-12)11-4-2-3-10(11)9-13/h10-11,15H,2-9,13H2,1H3. The molecule has 0 bridgehead atoms. The van der Waals surface area contributed by atoms with Crippen LogP contribution in [-0.4, -0.2) is 41.3 Å². The van der Waals surface area contributed by atoms with E-state index in [1.807, 2.05) is 6.92 Å². The Morgan fingerprint density at radius 3 is 2.60 bits per heavy atom. The molecule has 2 unspecified atom stereocenters. The van der Waals surface area contributed by atoms with Crippen molar-refractivity contribution in [2.24, 2.45) is 11.7 Å². The highest BCUT2D eigenvalue weighted by molar-refractivity contribution is 4.90. The van der Waals surface area contributed by atoms with Gasteiger partial charge >= 0.3 is 0 Å². The minimum atomic E-state index is -0.423. The van der Waals surface area contributed by atoms with Crippen LogP contribution in [-0.2, 0) is 0 Å². The van der Waals surface area contributed by atoms with E-state index in [0.717, 1.165) is 32.5 Å². The average Bonchev–Trinajstić information content (AvgIpc) is 2.65. The van der Waals surface area contributed by atoms with Crippen LogP contribution in [0.2, 0.25) is 0 Å². The number of nitrogens with zero attached hydrogens (tertiary/aromatic N) is 1. The molecule has 0 aromatic heterocycles. The molecule has 3 N–H and O–H groups in total. The lowest BCUT2D eigenvalue weighted by Gasteiger charge is -2.40. The van der Waals surface area contributed by atoms with Gasteiger partial charge in [-0.3, -0.25) is 4.90 Å². The Morgan fingerprint density at radius 2 is 2.00 bits per heavy atom. The van der Waals surface area contributed by atoms with E-state index in [1.165, 1.54) is 19.3 Å². The Bertz CT molecular complexity index is 208. The summed E-state index contributed by atoms with van der Waals surface area (Å²) in [6, 6.07) is 0.700.